The van der Waals surface area contributed by atoms with Gasteiger partial charge in [0.05, 0.1) is 0 Å². The highest BCUT2D eigenvalue weighted by molar-refractivity contribution is 5.91. The number of hydrogen-bond acceptors (Lipinski definition) is 3. The van der Waals surface area contributed by atoms with Crippen LogP contribution in [0.5, 0.6) is 17.2 Å². The molecule has 0 bridgehead atoms. The van der Waals surface area contributed by atoms with E-state index in [0.717, 1.165) is 22.4 Å². The molecule has 124 valence electrons. The maximum atomic E-state index is 11.1. The topological polar surface area (TPSA) is 55.8 Å². The van der Waals surface area contributed by atoms with E-state index in [1.54, 1.807) is 0 Å². The van der Waals surface area contributed by atoms with Crippen molar-refractivity contribution in [2.75, 3.05) is 0 Å². The molecule has 3 aromatic rings. The predicted molar refractivity (Wildman–Crippen MR) is 93.5 cm³/mol. The van der Waals surface area contributed by atoms with Crippen molar-refractivity contribution >= 4 is 16.7 Å². The summed E-state index contributed by atoms with van der Waals surface area (Å²) in [7, 11) is 0. The lowest BCUT2D eigenvalue weighted by Crippen LogP contribution is -2.08. The molecule has 1 aliphatic heterocycles. The van der Waals surface area contributed by atoms with E-state index in [1.807, 2.05) is 48.5 Å². The first-order valence-electron chi connectivity index (χ1n) is 8.33. The van der Waals surface area contributed by atoms with Crippen LogP contribution in [0.1, 0.15) is 17.0 Å². The molecule has 1 heterocycles. The van der Waals surface area contributed by atoms with Crippen molar-refractivity contribution < 1.29 is 19.4 Å². The average Bonchev–Trinajstić information content (AvgIpc) is 3.21. The van der Waals surface area contributed by atoms with Crippen LogP contribution >= 0.6 is 0 Å². The Kier molecular flexibility index (Phi) is 2.86. The van der Waals surface area contributed by atoms with Crippen LogP contribution in [0.2, 0.25) is 0 Å². The summed E-state index contributed by atoms with van der Waals surface area (Å²) >= 11 is 0. The van der Waals surface area contributed by atoms with Gasteiger partial charge in [-0.2, -0.15) is 0 Å². The Morgan fingerprint density at radius 3 is 2.68 bits per heavy atom. The zero-order chi connectivity index (χ0) is 17.1. The Hall–Kier alpha value is -3.01. The second kappa shape index (κ2) is 4.99. The van der Waals surface area contributed by atoms with E-state index in [4.69, 9.17) is 14.6 Å². The molecule has 3 unspecified atom stereocenters. The first-order valence-corrected chi connectivity index (χ1v) is 8.33. The fourth-order valence-electron chi connectivity index (χ4n) is 3.83. The summed E-state index contributed by atoms with van der Waals surface area (Å²) in [5, 5.41) is 11.4. The quantitative estimate of drug-likeness (QED) is 0.767. The molecular formula is C21H16O4. The van der Waals surface area contributed by atoms with Crippen molar-refractivity contribution in [3.05, 3.63) is 65.7 Å². The molecule has 0 aromatic heterocycles. The molecule has 0 saturated heterocycles. The number of rotatable bonds is 3. The number of ether oxygens (including phenoxy) is 2. The molecule has 3 atom stereocenters. The third kappa shape index (κ3) is 2.10. The highest BCUT2D eigenvalue weighted by Crippen LogP contribution is 2.58. The van der Waals surface area contributed by atoms with E-state index in [9.17, 15) is 4.79 Å². The summed E-state index contributed by atoms with van der Waals surface area (Å²) in [4.78, 5) is 11.1. The maximum Gasteiger partial charge on any atom is 0.311 e. The van der Waals surface area contributed by atoms with Crippen molar-refractivity contribution in [3.63, 3.8) is 0 Å². The number of aryl methyl sites for hydroxylation is 1. The van der Waals surface area contributed by atoms with Crippen LogP contribution in [0.3, 0.4) is 0 Å². The van der Waals surface area contributed by atoms with E-state index >= 15 is 0 Å². The van der Waals surface area contributed by atoms with Gasteiger partial charge in [-0.15, -0.1) is 0 Å². The second-order valence-corrected chi connectivity index (χ2v) is 6.70. The molecule has 5 rings (SSSR count). The number of carboxylic acids is 1. The van der Waals surface area contributed by atoms with Gasteiger partial charge in [0.2, 0.25) is 0 Å². The highest BCUT2D eigenvalue weighted by atomic mass is 16.5. The molecule has 4 nitrogen and oxygen atoms in total. The van der Waals surface area contributed by atoms with Gasteiger partial charge in [0.25, 0.3) is 0 Å². The van der Waals surface area contributed by atoms with E-state index in [0.29, 0.717) is 5.75 Å². The van der Waals surface area contributed by atoms with E-state index in [2.05, 4.69) is 13.0 Å². The number of aliphatic carboxylic acids is 1. The molecule has 25 heavy (non-hydrogen) atoms. The summed E-state index contributed by atoms with van der Waals surface area (Å²) in [6, 6.07) is 17.8. The summed E-state index contributed by atoms with van der Waals surface area (Å²) in [6.45, 7) is 2.08. The maximum absolute atomic E-state index is 11.1. The molecule has 2 aliphatic rings. The number of carbonyl (C=O) groups is 1. The predicted octanol–water partition coefficient (Wildman–Crippen LogP) is 4.50. The van der Waals surface area contributed by atoms with Crippen LogP contribution in [0.15, 0.2) is 54.6 Å². The number of benzene rings is 3. The lowest BCUT2D eigenvalue weighted by molar-refractivity contribution is -0.139. The lowest BCUT2D eigenvalue weighted by atomic mass is 10.0. The number of fused-ring (bicyclic) bond motifs is 4. The zero-order valence-electron chi connectivity index (χ0n) is 13.6. The van der Waals surface area contributed by atoms with Crippen molar-refractivity contribution in [2.45, 2.75) is 18.9 Å². The SMILES string of the molecule is Cc1ccc(Oc2ccc3c(c2)OC2C(C(=O)O)C32)c2ccccc12. The minimum atomic E-state index is -0.785. The minimum Gasteiger partial charge on any atom is -0.488 e. The largest absolute Gasteiger partial charge is 0.488 e. The van der Waals surface area contributed by atoms with Gasteiger partial charge in [-0.25, -0.2) is 0 Å². The third-order valence-electron chi connectivity index (χ3n) is 5.18. The van der Waals surface area contributed by atoms with Crippen LogP contribution in [0, 0.1) is 12.8 Å². The molecule has 1 aliphatic carbocycles. The van der Waals surface area contributed by atoms with Gasteiger partial charge in [-0.05, 0) is 30.0 Å². The zero-order valence-corrected chi connectivity index (χ0v) is 13.6. The molecule has 4 heteroatoms. The van der Waals surface area contributed by atoms with E-state index in [-0.39, 0.29) is 12.0 Å². The molecule has 1 N–H and O–H groups in total. The molecule has 1 saturated carbocycles. The van der Waals surface area contributed by atoms with Crippen molar-refractivity contribution in [3.8, 4) is 17.2 Å². The number of carboxylic acid groups (broad SMARTS) is 1. The Morgan fingerprint density at radius 1 is 1.08 bits per heavy atom. The van der Waals surface area contributed by atoms with Crippen molar-refractivity contribution in [2.24, 2.45) is 5.92 Å². The average molecular weight is 332 g/mol. The lowest BCUT2D eigenvalue weighted by Gasteiger charge is -2.12. The van der Waals surface area contributed by atoms with Crippen molar-refractivity contribution in [1.29, 1.82) is 0 Å². The van der Waals surface area contributed by atoms with Gasteiger partial charge in [0.1, 0.15) is 29.3 Å². The van der Waals surface area contributed by atoms with Gasteiger partial charge in [0, 0.05) is 22.9 Å². The summed E-state index contributed by atoms with van der Waals surface area (Å²) in [5.41, 5.74) is 2.18. The molecule has 0 amide bonds. The van der Waals surface area contributed by atoms with Gasteiger partial charge < -0.3 is 14.6 Å². The first-order chi connectivity index (χ1) is 12.1. The molecule has 0 spiro atoms. The van der Waals surface area contributed by atoms with E-state index in [1.165, 1.54) is 10.9 Å². The summed E-state index contributed by atoms with van der Waals surface area (Å²) in [6.07, 6.45) is -0.219. The van der Waals surface area contributed by atoms with Crippen LogP contribution in [-0.4, -0.2) is 17.2 Å². The Balaban J connectivity index is 1.47. The van der Waals surface area contributed by atoms with Gasteiger partial charge >= 0.3 is 5.97 Å². The summed E-state index contributed by atoms with van der Waals surface area (Å²) in [5.74, 6) is 1.03. The van der Waals surface area contributed by atoms with Crippen LogP contribution in [0.25, 0.3) is 10.8 Å². The Bertz CT molecular complexity index is 1020. The fraction of sp³-hybridized carbons (Fsp3) is 0.190. The third-order valence-corrected chi connectivity index (χ3v) is 5.18. The number of hydrogen-bond donors (Lipinski definition) is 1. The highest BCUT2D eigenvalue weighted by Gasteiger charge is 2.63. The molecule has 3 aromatic carbocycles. The normalized spacial score (nSPS) is 22.8. The molecule has 0 radical (unpaired) electrons. The summed E-state index contributed by atoms with van der Waals surface area (Å²) < 4.78 is 11.9. The fourth-order valence-corrected chi connectivity index (χ4v) is 3.83. The van der Waals surface area contributed by atoms with Crippen LogP contribution < -0.4 is 9.47 Å². The Labute approximate surface area is 144 Å². The first kappa shape index (κ1) is 14.3. The van der Waals surface area contributed by atoms with Gasteiger partial charge in [-0.3, -0.25) is 4.79 Å². The molecular weight excluding hydrogens is 316 g/mol. The van der Waals surface area contributed by atoms with E-state index < -0.39 is 11.9 Å². The minimum absolute atomic E-state index is 0.0123. The van der Waals surface area contributed by atoms with Crippen LogP contribution in [0.4, 0.5) is 0 Å². The van der Waals surface area contributed by atoms with Crippen LogP contribution in [-0.2, 0) is 4.79 Å². The second-order valence-electron chi connectivity index (χ2n) is 6.70. The van der Waals surface area contributed by atoms with Gasteiger partial charge in [0.15, 0.2) is 0 Å². The van der Waals surface area contributed by atoms with Crippen molar-refractivity contribution in [1.82, 2.24) is 0 Å². The standard InChI is InChI=1S/C21H16O4/c1-11-6-9-16(14-5-3-2-4-13(11)14)24-12-7-8-15-17(10-12)25-20-18(15)19(20)21(22)23/h2-10,18-20H,1H3,(H,22,23). The molecule has 1 fully saturated rings. The Morgan fingerprint density at radius 2 is 1.88 bits per heavy atom. The smallest absolute Gasteiger partial charge is 0.311 e. The monoisotopic (exact) mass is 332 g/mol. The van der Waals surface area contributed by atoms with Gasteiger partial charge in [-0.1, -0.05) is 36.4 Å².